The van der Waals surface area contributed by atoms with E-state index in [0.29, 0.717) is 33.8 Å². The highest BCUT2D eigenvalue weighted by Crippen LogP contribution is 2.33. The number of nitrogens with one attached hydrogen (secondary N) is 2. The van der Waals surface area contributed by atoms with Gasteiger partial charge in [-0.15, -0.1) is 0 Å². The van der Waals surface area contributed by atoms with Crippen molar-refractivity contribution in [2.45, 2.75) is 18.7 Å². The molecule has 0 aliphatic heterocycles. The number of anilines is 3. The zero-order chi connectivity index (χ0) is 23.6. The molecule has 0 atom stereocenters. The Balaban J connectivity index is 1.79. The van der Waals surface area contributed by atoms with Crippen LogP contribution in [0.25, 0.3) is 11.0 Å². The Morgan fingerprint density at radius 3 is 2.12 bits per heavy atom. The maximum atomic E-state index is 13.3. The predicted octanol–water partition coefficient (Wildman–Crippen LogP) is 4.81. The number of para-hydroxylation sites is 2. The molecule has 0 unspecified atom stereocenters. The van der Waals surface area contributed by atoms with Crippen molar-refractivity contribution in [3.8, 4) is 11.5 Å². The summed E-state index contributed by atoms with van der Waals surface area (Å²) in [7, 11) is -0.812. The average molecular weight is 465 g/mol. The third-order valence-corrected chi connectivity index (χ3v) is 6.56. The summed E-state index contributed by atoms with van der Waals surface area (Å²) < 4.78 is 39.8. The molecule has 2 N–H and O–H groups in total. The first-order valence-electron chi connectivity index (χ1n) is 10.2. The summed E-state index contributed by atoms with van der Waals surface area (Å²) in [4.78, 5) is 9.34. The third kappa shape index (κ3) is 4.68. The number of nitrogens with zero attached hydrogens (tertiary/aromatic N) is 2. The summed E-state index contributed by atoms with van der Waals surface area (Å²) in [5.41, 5.74) is 3.29. The lowest BCUT2D eigenvalue weighted by atomic mass is 10.2. The molecule has 4 rings (SSSR count). The van der Waals surface area contributed by atoms with Gasteiger partial charge in [0.25, 0.3) is 10.0 Å². The van der Waals surface area contributed by atoms with Crippen LogP contribution in [-0.4, -0.2) is 32.6 Å². The predicted molar refractivity (Wildman–Crippen MR) is 129 cm³/mol. The molecule has 0 fully saturated rings. The summed E-state index contributed by atoms with van der Waals surface area (Å²) >= 11 is 0. The smallest absolute Gasteiger partial charge is 0.263 e. The molecule has 0 bridgehead atoms. The molecule has 170 valence electrons. The highest BCUT2D eigenvalue weighted by molar-refractivity contribution is 7.92. The van der Waals surface area contributed by atoms with Gasteiger partial charge in [0.15, 0.2) is 23.1 Å². The van der Waals surface area contributed by atoms with Crippen LogP contribution < -0.4 is 19.5 Å². The second kappa shape index (κ2) is 8.95. The monoisotopic (exact) mass is 464 g/mol. The summed E-state index contributed by atoms with van der Waals surface area (Å²) in [6, 6.07) is 17.8. The maximum Gasteiger partial charge on any atom is 0.263 e. The van der Waals surface area contributed by atoms with E-state index in [2.05, 4.69) is 20.0 Å². The SMILES string of the molecule is COc1ccc(Nc2nc3ccccc3nc2NS(=O)(=O)c2cc(C)ccc2C)cc1OC. The Morgan fingerprint density at radius 1 is 0.788 bits per heavy atom. The number of benzene rings is 3. The molecule has 0 radical (unpaired) electrons. The van der Waals surface area contributed by atoms with Crippen LogP contribution in [0.3, 0.4) is 0 Å². The van der Waals surface area contributed by atoms with Crippen molar-refractivity contribution >= 4 is 38.4 Å². The number of fused-ring (bicyclic) bond motifs is 1. The molecular weight excluding hydrogens is 440 g/mol. The fourth-order valence-corrected chi connectivity index (χ4v) is 4.73. The molecule has 3 aromatic carbocycles. The van der Waals surface area contributed by atoms with E-state index < -0.39 is 10.0 Å². The van der Waals surface area contributed by atoms with Crippen molar-refractivity contribution in [2.75, 3.05) is 24.3 Å². The molecule has 8 nitrogen and oxygen atoms in total. The van der Waals surface area contributed by atoms with E-state index in [-0.39, 0.29) is 16.5 Å². The van der Waals surface area contributed by atoms with Crippen molar-refractivity contribution in [3.63, 3.8) is 0 Å². The van der Waals surface area contributed by atoms with Gasteiger partial charge in [0, 0.05) is 11.8 Å². The molecule has 0 saturated heterocycles. The first-order valence-corrected chi connectivity index (χ1v) is 11.6. The Bertz CT molecular complexity index is 1440. The molecule has 0 aliphatic carbocycles. The van der Waals surface area contributed by atoms with E-state index in [4.69, 9.17) is 9.47 Å². The Kier molecular flexibility index (Phi) is 6.06. The molecule has 33 heavy (non-hydrogen) atoms. The van der Waals surface area contributed by atoms with Crippen molar-refractivity contribution in [1.29, 1.82) is 0 Å². The molecule has 1 aromatic heterocycles. The summed E-state index contributed by atoms with van der Waals surface area (Å²) in [5.74, 6) is 1.44. The second-order valence-corrected chi connectivity index (χ2v) is 9.13. The normalized spacial score (nSPS) is 11.3. The highest BCUT2D eigenvalue weighted by Gasteiger charge is 2.21. The number of rotatable bonds is 7. The van der Waals surface area contributed by atoms with E-state index in [1.165, 1.54) is 0 Å². The van der Waals surface area contributed by atoms with E-state index in [0.717, 1.165) is 5.56 Å². The standard InChI is InChI=1S/C24H24N4O4S/c1-15-9-10-16(2)22(13-15)33(29,30)28-24-23(26-18-7-5-6-8-19(18)27-24)25-17-11-12-20(31-3)21(14-17)32-4/h5-14H,1-4H3,(H,25,26)(H,27,28). The van der Waals surface area contributed by atoms with Crippen LogP contribution in [0.2, 0.25) is 0 Å². The Morgan fingerprint density at radius 2 is 1.45 bits per heavy atom. The topological polar surface area (TPSA) is 102 Å². The van der Waals surface area contributed by atoms with E-state index in [1.807, 2.05) is 31.2 Å². The van der Waals surface area contributed by atoms with Crippen molar-refractivity contribution < 1.29 is 17.9 Å². The van der Waals surface area contributed by atoms with Gasteiger partial charge in [0.1, 0.15) is 0 Å². The molecular formula is C24H24N4O4S. The lowest BCUT2D eigenvalue weighted by Gasteiger charge is -2.16. The molecule has 4 aromatic rings. The van der Waals surface area contributed by atoms with Crippen LogP contribution in [0.5, 0.6) is 11.5 Å². The first kappa shape index (κ1) is 22.3. The highest BCUT2D eigenvalue weighted by atomic mass is 32.2. The number of ether oxygens (including phenoxy) is 2. The van der Waals surface area contributed by atoms with Crippen LogP contribution in [-0.2, 0) is 10.0 Å². The minimum Gasteiger partial charge on any atom is -0.493 e. The van der Waals surface area contributed by atoms with Gasteiger partial charge in [0.05, 0.1) is 30.1 Å². The minimum absolute atomic E-state index is 0.0874. The summed E-state index contributed by atoms with van der Waals surface area (Å²) in [6.45, 7) is 3.60. The van der Waals surface area contributed by atoms with Gasteiger partial charge in [-0.1, -0.05) is 24.3 Å². The van der Waals surface area contributed by atoms with Crippen LogP contribution in [0, 0.1) is 13.8 Å². The quantitative estimate of drug-likeness (QED) is 0.405. The molecule has 0 aliphatic rings. The number of aromatic nitrogens is 2. The van der Waals surface area contributed by atoms with Crippen LogP contribution in [0.4, 0.5) is 17.3 Å². The fourth-order valence-electron chi connectivity index (χ4n) is 3.39. The zero-order valence-electron chi connectivity index (χ0n) is 18.7. The summed E-state index contributed by atoms with van der Waals surface area (Å²) in [6.07, 6.45) is 0. The van der Waals surface area contributed by atoms with E-state index in [1.54, 1.807) is 57.5 Å². The van der Waals surface area contributed by atoms with E-state index >= 15 is 0 Å². The van der Waals surface area contributed by atoms with Crippen LogP contribution in [0.1, 0.15) is 11.1 Å². The van der Waals surface area contributed by atoms with Crippen molar-refractivity contribution in [3.05, 3.63) is 71.8 Å². The third-order valence-electron chi connectivity index (χ3n) is 5.08. The lowest BCUT2D eigenvalue weighted by Crippen LogP contribution is -2.17. The van der Waals surface area contributed by atoms with Gasteiger partial charge < -0.3 is 14.8 Å². The maximum absolute atomic E-state index is 13.3. The van der Waals surface area contributed by atoms with E-state index in [9.17, 15) is 8.42 Å². The van der Waals surface area contributed by atoms with Gasteiger partial charge in [-0.3, -0.25) is 4.72 Å². The Labute approximate surface area is 192 Å². The zero-order valence-corrected chi connectivity index (χ0v) is 19.5. The van der Waals surface area contributed by atoms with Gasteiger partial charge in [-0.2, -0.15) is 0 Å². The summed E-state index contributed by atoms with van der Waals surface area (Å²) in [5, 5.41) is 3.15. The first-order chi connectivity index (χ1) is 15.8. The molecule has 0 saturated carbocycles. The Hall–Kier alpha value is -3.85. The van der Waals surface area contributed by atoms with Crippen LogP contribution in [0.15, 0.2) is 65.6 Å². The number of sulfonamides is 1. The average Bonchev–Trinajstić information content (AvgIpc) is 2.80. The van der Waals surface area contributed by atoms with Gasteiger partial charge in [-0.25, -0.2) is 18.4 Å². The number of hydrogen-bond donors (Lipinski definition) is 2. The lowest BCUT2D eigenvalue weighted by molar-refractivity contribution is 0.355. The van der Waals surface area contributed by atoms with Crippen LogP contribution >= 0.6 is 0 Å². The number of methoxy groups -OCH3 is 2. The van der Waals surface area contributed by atoms with Crippen molar-refractivity contribution in [1.82, 2.24) is 9.97 Å². The molecule has 0 spiro atoms. The number of hydrogen-bond acceptors (Lipinski definition) is 7. The second-order valence-electron chi connectivity index (χ2n) is 7.48. The molecule has 0 amide bonds. The number of aryl methyl sites for hydroxylation is 2. The molecule has 9 heteroatoms. The van der Waals surface area contributed by atoms with Gasteiger partial charge >= 0.3 is 0 Å². The fraction of sp³-hybridized carbons (Fsp3) is 0.167. The van der Waals surface area contributed by atoms with Gasteiger partial charge in [0.2, 0.25) is 0 Å². The molecule has 1 heterocycles. The minimum atomic E-state index is -3.91. The van der Waals surface area contributed by atoms with Crippen molar-refractivity contribution in [2.24, 2.45) is 0 Å². The largest absolute Gasteiger partial charge is 0.493 e. The van der Waals surface area contributed by atoms with Gasteiger partial charge in [-0.05, 0) is 55.3 Å².